The molecule has 1 heterocycles. The number of ether oxygens (including phenoxy) is 2. The van der Waals surface area contributed by atoms with Crippen LogP contribution in [0.25, 0.3) is 0 Å². The fraction of sp³-hybridized carbons (Fsp3) is 0.550. The first-order valence-corrected chi connectivity index (χ1v) is 9.10. The lowest BCUT2D eigenvalue weighted by molar-refractivity contribution is -0.140. The quantitative estimate of drug-likeness (QED) is 0.335. The highest BCUT2D eigenvalue weighted by atomic mass is 19.2. The zero-order chi connectivity index (χ0) is 17.6. The van der Waals surface area contributed by atoms with Crippen LogP contribution in [0.3, 0.4) is 0 Å². The number of halogens is 2. The molecule has 1 aliphatic heterocycles. The van der Waals surface area contributed by atoms with E-state index in [0.717, 1.165) is 32.1 Å². The summed E-state index contributed by atoms with van der Waals surface area (Å²) in [6.07, 6.45) is 6.67. The maximum atomic E-state index is 14.2. The van der Waals surface area contributed by atoms with Crippen molar-refractivity contribution < 1.29 is 23.0 Å². The van der Waals surface area contributed by atoms with Gasteiger partial charge in [-0.3, -0.25) is 4.79 Å². The van der Waals surface area contributed by atoms with E-state index in [2.05, 4.69) is 13.0 Å². The van der Waals surface area contributed by atoms with Crippen molar-refractivity contribution in [1.82, 2.24) is 0 Å². The van der Waals surface area contributed by atoms with E-state index >= 15 is 0 Å². The summed E-state index contributed by atoms with van der Waals surface area (Å²) in [5, 5.41) is 0. The average Bonchev–Trinajstić information content (AvgIpc) is 3.22. The molecule has 134 valence electrons. The van der Waals surface area contributed by atoms with Crippen molar-refractivity contribution in [2.24, 2.45) is 17.8 Å². The molecule has 0 amide bonds. The Kier molecular flexibility index (Phi) is 4.36. The topological polar surface area (TPSA) is 38.8 Å². The molecule has 4 rings (SSSR count). The zero-order valence-electron chi connectivity index (χ0n) is 14.3. The molecule has 2 aliphatic carbocycles. The second kappa shape index (κ2) is 6.52. The minimum absolute atomic E-state index is 0.183. The number of allylic oxidation sites excluding steroid dienone is 2. The van der Waals surface area contributed by atoms with Gasteiger partial charge in [-0.2, -0.15) is 4.39 Å². The van der Waals surface area contributed by atoms with Crippen LogP contribution in [0, 0.1) is 29.4 Å². The number of benzene rings is 1. The molecule has 1 aromatic carbocycles. The summed E-state index contributed by atoms with van der Waals surface area (Å²) in [4.78, 5) is 12.6. The molecule has 0 aromatic heterocycles. The van der Waals surface area contributed by atoms with Crippen LogP contribution in [0.2, 0.25) is 0 Å². The van der Waals surface area contributed by atoms with Gasteiger partial charge in [0, 0.05) is 5.56 Å². The van der Waals surface area contributed by atoms with Gasteiger partial charge in [0.05, 0.1) is 12.5 Å². The first kappa shape index (κ1) is 16.7. The van der Waals surface area contributed by atoms with Gasteiger partial charge in [-0.05, 0) is 49.7 Å². The SMILES string of the molecule is CCCC1=CCC2C(C(=O)Oc3ccc(C4CO4)c(F)c3F)CCC12. The van der Waals surface area contributed by atoms with Crippen molar-refractivity contribution in [3.05, 3.63) is 41.0 Å². The Morgan fingerprint density at radius 3 is 2.80 bits per heavy atom. The second-order valence-corrected chi connectivity index (χ2v) is 7.24. The number of esters is 1. The summed E-state index contributed by atoms with van der Waals surface area (Å²) in [7, 11) is 0. The Balaban J connectivity index is 1.46. The van der Waals surface area contributed by atoms with Crippen molar-refractivity contribution >= 4 is 5.97 Å². The van der Waals surface area contributed by atoms with E-state index in [1.54, 1.807) is 0 Å². The number of rotatable bonds is 5. The average molecular weight is 348 g/mol. The standard InChI is InChI=1S/C20H22F2O3/c1-2-3-11-4-5-13-12(11)6-7-14(13)20(23)25-16-9-8-15(17-10-24-17)18(21)19(16)22/h4,8-9,12-14,17H,2-3,5-7,10H2,1H3. The third-order valence-corrected chi connectivity index (χ3v) is 5.76. The number of carbonyl (C=O) groups is 1. The van der Waals surface area contributed by atoms with Crippen molar-refractivity contribution in [3.63, 3.8) is 0 Å². The number of epoxide rings is 1. The number of hydrogen-bond donors (Lipinski definition) is 0. The lowest BCUT2D eigenvalue weighted by Gasteiger charge is -2.19. The Bertz CT molecular complexity index is 724. The van der Waals surface area contributed by atoms with Crippen LogP contribution in [-0.2, 0) is 9.53 Å². The molecule has 4 unspecified atom stereocenters. The molecule has 0 radical (unpaired) electrons. The number of hydrogen-bond acceptors (Lipinski definition) is 3. The minimum Gasteiger partial charge on any atom is -0.423 e. The first-order chi connectivity index (χ1) is 12.1. The molecule has 3 aliphatic rings. The molecule has 4 atom stereocenters. The van der Waals surface area contributed by atoms with Gasteiger partial charge in [0.1, 0.15) is 6.10 Å². The highest BCUT2D eigenvalue weighted by Crippen LogP contribution is 2.49. The summed E-state index contributed by atoms with van der Waals surface area (Å²) in [5.74, 6) is -2.38. The van der Waals surface area contributed by atoms with E-state index in [1.807, 2.05) is 0 Å². The van der Waals surface area contributed by atoms with Gasteiger partial charge in [-0.1, -0.05) is 25.0 Å². The third-order valence-electron chi connectivity index (χ3n) is 5.76. The van der Waals surface area contributed by atoms with Crippen molar-refractivity contribution in [3.8, 4) is 5.75 Å². The summed E-state index contributed by atoms with van der Waals surface area (Å²) < 4.78 is 38.5. The van der Waals surface area contributed by atoms with Gasteiger partial charge in [-0.15, -0.1) is 0 Å². The molecule has 25 heavy (non-hydrogen) atoms. The van der Waals surface area contributed by atoms with Gasteiger partial charge < -0.3 is 9.47 Å². The Morgan fingerprint density at radius 1 is 1.28 bits per heavy atom. The van der Waals surface area contributed by atoms with Crippen LogP contribution in [0.1, 0.15) is 50.7 Å². The monoisotopic (exact) mass is 348 g/mol. The predicted octanol–water partition coefficient (Wildman–Crippen LogP) is 4.71. The third kappa shape index (κ3) is 2.99. The van der Waals surface area contributed by atoms with E-state index in [9.17, 15) is 13.6 Å². The number of carbonyl (C=O) groups excluding carboxylic acids is 1. The molecule has 5 heteroatoms. The molecule has 2 fully saturated rings. The molecular weight excluding hydrogens is 326 g/mol. The summed E-state index contributed by atoms with van der Waals surface area (Å²) in [6, 6.07) is 2.77. The van der Waals surface area contributed by atoms with Gasteiger partial charge in [0.15, 0.2) is 11.6 Å². The van der Waals surface area contributed by atoms with E-state index in [4.69, 9.17) is 9.47 Å². The Labute approximate surface area is 146 Å². The van der Waals surface area contributed by atoms with Gasteiger partial charge in [0.25, 0.3) is 0 Å². The van der Waals surface area contributed by atoms with Crippen molar-refractivity contribution in [1.29, 1.82) is 0 Å². The normalized spacial score (nSPS) is 30.1. The molecule has 0 N–H and O–H groups in total. The largest absolute Gasteiger partial charge is 0.423 e. The molecule has 0 bridgehead atoms. The van der Waals surface area contributed by atoms with E-state index < -0.39 is 17.6 Å². The molecule has 1 saturated heterocycles. The first-order valence-electron chi connectivity index (χ1n) is 9.10. The second-order valence-electron chi connectivity index (χ2n) is 7.24. The molecule has 1 saturated carbocycles. The fourth-order valence-electron chi connectivity index (χ4n) is 4.45. The van der Waals surface area contributed by atoms with Gasteiger partial charge >= 0.3 is 5.97 Å². The molecule has 1 aromatic rings. The van der Waals surface area contributed by atoms with E-state index in [-0.39, 0.29) is 29.3 Å². The highest BCUT2D eigenvalue weighted by molar-refractivity contribution is 5.76. The summed E-state index contributed by atoms with van der Waals surface area (Å²) >= 11 is 0. The zero-order valence-corrected chi connectivity index (χ0v) is 14.3. The minimum atomic E-state index is -1.10. The lowest BCUT2D eigenvalue weighted by Crippen LogP contribution is -2.25. The van der Waals surface area contributed by atoms with Crippen LogP contribution in [0.5, 0.6) is 5.75 Å². The van der Waals surface area contributed by atoms with Crippen LogP contribution in [-0.4, -0.2) is 12.6 Å². The summed E-state index contributed by atoms with van der Waals surface area (Å²) in [5.41, 5.74) is 1.64. The van der Waals surface area contributed by atoms with Crippen LogP contribution in [0.15, 0.2) is 23.8 Å². The fourth-order valence-corrected chi connectivity index (χ4v) is 4.45. The molecule has 3 nitrogen and oxygen atoms in total. The molecular formula is C20H22F2O3. The van der Waals surface area contributed by atoms with Crippen LogP contribution < -0.4 is 4.74 Å². The highest BCUT2D eigenvalue weighted by Gasteiger charge is 2.44. The van der Waals surface area contributed by atoms with Crippen LogP contribution in [0.4, 0.5) is 8.78 Å². The molecule has 0 spiro atoms. The summed E-state index contributed by atoms with van der Waals surface area (Å²) in [6.45, 7) is 2.55. The Morgan fingerprint density at radius 2 is 2.08 bits per heavy atom. The predicted molar refractivity (Wildman–Crippen MR) is 88.0 cm³/mol. The Hall–Kier alpha value is -1.75. The van der Waals surface area contributed by atoms with E-state index in [1.165, 1.54) is 17.7 Å². The van der Waals surface area contributed by atoms with Crippen molar-refractivity contribution in [2.45, 2.75) is 45.1 Å². The van der Waals surface area contributed by atoms with Gasteiger partial charge in [0.2, 0.25) is 5.82 Å². The van der Waals surface area contributed by atoms with Crippen LogP contribution >= 0.6 is 0 Å². The van der Waals surface area contributed by atoms with Gasteiger partial charge in [-0.25, -0.2) is 4.39 Å². The maximum absolute atomic E-state index is 14.2. The van der Waals surface area contributed by atoms with E-state index in [0.29, 0.717) is 12.5 Å². The smallest absolute Gasteiger partial charge is 0.314 e. The maximum Gasteiger partial charge on any atom is 0.314 e. The number of fused-ring (bicyclic) bond motifs is 1. The lowest BCUT2D eigenvalue weighted by atomic mass is 9.88. The van der Waals surface area contributed by atoms with Crippen molar-refractivity contribution in [2.75, 3.05) is 6.61 Å².